The number of hydrogen-bond donors (Lipinski definition) is 2. The second-order valence-electron chi connectivity index (χ2n) is 6.57. The van der Waals surface area contributed by atoms with Crippen molar-refractivity contribution in [3.05, 3.63) is 53.2 Å². The van der Waals surface area contributed by atoms with Crippen molar-refractivity contribution in [1.82, 2.24) is 15.6 Å². The van der Waals surface area contributed by atoms with Crippen LogP contribution in [0.15, 0.2) is 36.5 Å². The molecule has 0 aliphatic carbocycles. The number of para-hydroxylation sites is 1. The van der Waals surface area contributed by atoms with Gasteiger partial charge in [0.15, 0.2) is 0 Å². The largest absolute Gasteiger partial charge is 0.438 e. The number of nitrogens with one attached hydrogen (secondary N) is 2. The summed E-state index contributed by atoms with van der Waals surface area (Å²) in [5.74, 6) is 1.19. The first-order chi connectivity index (χ1) is 12.5. The third-order valence-electron chi connectivity index (χ3n) is 4.45. The number of carbonyl (C=O) groups excluding carboxylic acids is 2. The van der Waals surface area contributed by atoms with Crippen LogP contribution in [0.5, 0.6) is 11.6 Å². The van der Waals surface area contributed by atoms with Crippen LogP contribution in [0.2, 0.25) is 0 Å². The van der Waals surface area contributed by atoms with Crippen LogP contribution < -0.4 is 15.4 Å². The van der Waals surface area contributed by atoms with Crippen LogP contribution >= 0.6 is 0 Å². The van der Waals surface area contributed by atoms with E-state index in [4.69, 9.17) is 4.74 Å². The lowest BCUT2D eigenvalue weighted by molar-refractivity contribution is -0.121. The van der Waals surface area contributed by atoms with E-state index in [1.807, 2.05) is 44.2 Å². The van der Waals surface area contributed by atoms with Gasteiger partial charge in [-0.15, -0.1) is 0 Å². The Morgan fingerprint density at radius 3 is 2.73 bits per heavy atom. The summed E-state index contributed by atoms with van der Waals surface area (Å²) in [6.07, 6.45) is 3.16. The van der Waals surface area contributed by atoms with Gasteiger partial charge in [-0.25, -0.2) is 4.98 Å². The van der Waals surface area contributed by atoms with Gasteiger partial charge in [-0.05, 0) is 37.5 Å². The van der Waals surface area contributed by atoms with Crippen molar-refractivity contribution in [3.8, 4) is 11.6 Å². The van der Waals surface area contributed by atoms with Crippen molar-refractivity contribution < 1.29 is 14.3 Å². The number of rotatable bonds is 6. The molecule has 6 heteroatoms. The molecule has 0 spiro atoms. The van der Waals surface area contributed by atoms with E-state index in [-0.39, 0.29) is 17.9 Å². The van der Waals surface area contributed by atoms with Crippen LogP contribution in [0.25, 0.3) is 0 Å². The van der Waals surface area contributed by atoms with Crippen LogP contribution in [0.4, 0.5) is 0 Å². The summed E-state index contributed by atoms with van der Waals surface area (Å²) in [5, 5.41) is 5.69. The van der Waals surface area contributed by atoms with E-state index in [0.29, 0.717) is 31.7 Å². The molecule has 2 amide bonds. The summed E-state index contributed by atoms with van der Waals surface area (Å²) >= 11 is 0. The van der Waals surface area contributed by atoms with Crippen molar-refractivity contribution >= 4 is 11.8 Å². The predicted molar refractivity (Wildman–Crippen MR) is 97.9 cm³/mol. The summed E-state index contributed by atoms with van der Waals surface area (Å²) in [6.45, 7) is 4.30. The Bertz CT molecular complexity index is 799. The van der Waals surface area contributed by atoms with Gasteiger partial charge in [-0.2, -0.15) is 0 Å². The first-order valence-corrected chi connectivity index (χ1v) is 8.77. The monoisotopic (exact) mass is 353 g/mol. The minimum atomic E-state index is -0.0981. The number of benzene rings is 1. The average molecular weight is 353 g/mol. The maximum absolute atomic E-state index is 12.1. The Labute approximate surface area is 153 Å². The van der Waals surface area contributed by atoms with E-state index in [1.165, 1.54) is 0 Å². The summed E-state index contributed by atoms with van der Waals surface area (Å²) in [7, 11) is 0. The molecule has 136 valence electrons. The lowest BCUT2D eigenvalue weighted by Crippen LogP contribution is -2.33. The summed E-state index contributed by atoms with van der Waals surface area (Å²) < 4.78 is 6.03. The smallest absolute Gasteiger partial charge is 0.224 e. The van der Waals surface area contributed by atoms with Gasteiger partial charge in [0.1, 0.15) is 5.75 Å². The van der Waals surface area contributed by atoms with Crippen molar-refractivity contribution in [1.29, 1.82) is 0 Å². The zero-order valence-electron chi connectivity index (χ0n) is 15.0. The molecule has 0 radical (unpaired) electrons. The third-order valence-corrected chi connectivity index (χ3v) is 4.45. The number of pyridine rings is 1. The molecular formula is C20H23N3O3. The highest BCUT2D eigenvalue weighted by Crippen LogP contribution is 2.29. The molecule has 1 atom stereocenters. The number of amides is 2. The van der Waals surface area contributed by atoms with E-state index in [0.717, 1.165) is 22.4 Å². The van der Waals surface area contributed by atoms with Gasteiger partial charge in [-0.3, -0.25) is 9.59 Å². The molecule has 0 bridgehead atoms. The molecule has 1 aromatic heterocycles. The zero-order chi connectivity index (χ0) is 18.5. The Hall–Kier alpha value is -2.89. The molecular weight excluding hydrogens is 330 g/mol. The van der Waals surface area contributed by atoms with Gasteiger partial charge in [-0.1, -0.05) is 24.3 Å². The topological polar surface area (TPSA) is 80.3 Å². The Morgan fingerprint density at radius 1 is 1.27 bits per heavy atom. The Morgan fingerprint density at radius 2 is 2.04 bits per heavy atom. The second-order valence-corrected chi connectivity index (χ2v) is 6.57. The normalized spacial score (nSPS) is 16.2. The summed E-state index contributed by atoms with van der Waals surface area (Å²) in [4.78, 5) is 27.7. The summed E-state index contributed by atoms with van der Waals surface area (Å²) in [6, 6.07) is 9.59. The van der Waals surface area contributed by atoms with Gasteiger partial charge in [0.2, 0.25) is 17.7 Å². The Kier molecular flexibility index (Phi) is 5.51. The van der Waals surface area contributed by atoms with Gasteiger partial charge >= 0.3 is 0 Å². The first kappa shape index (κ1) is 17.9. The molecule has 1 aliphatic rings. The molecule has 6 nitrogen and oxygen atoms in total. The number of nitrogens with zero attached hydrogens (tertiary/aromatic N) is 1. The number of ether oxygens (including phenoxy) is 1. The fourth-order valence-electron chi connectivity index (χ4n) is 3.03. The second kappa shape index (κ2) is 7.99. The van der Waals surface area contributed by atoms with Crippen LogP contribution in [0.1, 0.15) is 36.0 Å². The SMILES string of the molecule is Cc1cccc(C)c1Oc1ncccc1CNC(=O)C[C@H]1CCC(=O)N1. The van der Waals surface area contributed by atoms with E-state index in [9.17, 15) is 9.59 Å². The maximum Gasteiger partial charge on any atom is 0.224 e. The minimum absolute atomic E-state index is 0.0133. The molecule has 1 fully saturated rings. The third kappa shape index (κ3) is 4.39. The number of aromatic nitrogens is 1. The molecule has 1 aliphatic heterocycles. The quantitative estimate of drug-likeness (QED) is 0.837. The molecule has 2 aromatic rings. The highest BCUT2D eigenvalue weighted by molar-refractivity contribution is 5.81. The molecule has 3 rings (SSSR count). The van der Waals surface area contributed by atoms with Gasteiger partial charge in [0.25, 0.3) is 0 Å². The lowest BCUT2D eigenvalue weighted by atomic mass is 10.1. The Balaban J connectivity index is 1.64. The van der Waals surface area contributed by atoms with E-state index in [1.54, 1.807) is 6.20 Å². The van der Waals surface area contributed by atoms with E-state index >= 15 is 0 Å². The van der Waals surface area contributed by atoms with Crippen molar-refractivity contribution in [3.63, 3.8) is 0 Å². The van der Waals surface area contributed by atoms with Crippen molar-refractivity contribution in [2.45, 2.75) is 45.7 Å². The molecule has 2 N–H and O–H groups in total. The van der Waals surface area contributed by atoms with Crippen LogP contribution in [-0.2, 0) is 16.1 Å². The minimum Gasteiger partial charge on any atom is -0.438 e. The number of carbonyl (C=O) groups is 2. The summed E-state index contributed by atoms with van der Waals surface area (Å²) in [5.41, 5.74) is 2.86. The molecule has 0 saturated carbocycles. The maximum atomic E-state index is 12.1. The van der Waals surface area contributed by atoms with Crippen molar-refractivity contribution in [2.24, 2.45) is 0 Å². The fraction of sp³-hybridized carbons (Fsp3) is 0.350. The van der Waals surface area contributed by atoms with E-state index < -0.39 is 0 Å². The van der Waals surface area contributed by atoms with Crippen LogP contribution in [0, 0.1) is 13.8 Å². The van der Waals surface area contributed by atoms with Crippen LogP contribution in [-0.4, -0.2) is 22.8 Å². The number of aryl methyl sites for hydroxylation is 2. The first-order valence-electron chi connectivity index (χ1n) is 8.77. The molecule has 1 saturated heterocycles. The van der Waals surface area contributed by atoms with Gasteiger partial charge in [0.05, 0.1) is 0 Å². The number of hydrogen-bond acceptors (Lipinski definition) is 4. The fourth-order valence-corrected chi connectivity index (χ4v) is 3.03. The van der Waals surface area contributed by atoms with Crippen molar-refractivity contribution in [2.75, 3.05) is 0 Å². The van der Waals surface area contributed by atoms with Gasteiger partial charge in [0, 0.05) is 37.2 Å². The highest BCUT2D eigenvalue weighted by Gasteiger charge is 2.23. The average Bonchev–Trinajstić information content (AvgIpc) is 3.02. The standard InChI is InChI=1S/C20H23N3O3/c1-13-5-3-6-14(2)19(13)26-20-15(7-4-10-21-20)12-22-18(25)11-16-8-9-17(24)23-16/h3-7,10,16H,8-9,11-12H2,1-2H3,(H,22,25)(H,23,24)/t16-/m1/s1. The molecule has 2 heterocycles. The highest BCUT2D eigenvalue weighted by atomic mass is 16.5. The predicted octanol–water partition coefficient (Wildman–Crippen LogP) is 2.78. The van der Waals surface area contributed by atoms with Gasteiger partial charge < -0.3 is 15.4 Å². The molecule has 26 heavy (non-hydrogen) atoms. The van der Waals surface area contributed by atoms with Crippen LogP contribution in [0.3, 0.4) is 0 Å². The molecule has 1 aromatic carbocycles. The lowest BCUT2D eigenvalue weighted by Gasteiger charge is -2.15. The molecule has 0 unspecified atom stereocenters. The zero-order valence-corrected chi connectivity index (χ0v) is 15.0. The van der Waals surface area contributed by atoms with E-state index in [2.05, 4.69) is 15.6 Å².